The molecule has 2 aliphatic carbocycles. The number of thiazole rings is 1. The number of nitrogens with zero attached hydrogens (tertiary/aromatic N) is 6. The summed E-state index contributed by atoms with van der Waals surface area (Å²) in [7, 11) is 2.60. The number of nitrogens with one attached hydrogen (secondary N) is 4. The largest absolute Gasteiger partial charge is 0.464 e. The van der Waals surface area contributed by atoms with E-state index in [4.69, 9.17) is 29.2 Å². The number of ether oxygens (including phenoxy) is 3. The maximum Gasteiger partial charge on any atom is 0.407 e. The van der Waals surface area contributed by atoms with Crippen LogP contribution in [-0.4, -0.2) is 102 Å². The van der Waals surface area contributed by atoms with E-state index in [2.05, 4.69) is 68.5 Å². The van der Waals surface area contributed by atoms with E-state index < -0.39 is 30.5 Å². The number of imidazole rings is 2. The third-order valence-electron chi connectivity index (χ3n) is 15.2. The number of methoxy groups -OCH3 is 2. The van der Waals surface area contributed by atoms with Gasteiger partial charge in [-0.2, -0.15) is 0 Å². The predicted molar refractivity (Wildman–Crippen MR) is 263 cm³/mol. The summed E-state index contributed by atoms with van der Waals surface area (Å²) in [6.45, 7) is 10.3. The van der Waals surface area contributed by atoms with Gasteiger partial charge in [-0.1, -0.05) is 40.2 Å². The average Bonchev–Trinajstić information content (AvgIpc) is 4.09. The van der Waals surface area contributed by atoms with Gasteiger partial charge in [0, 0.05) is 46.8 Å². The number of aromatic nitrogens is 6. The fraction of sp³-hybridized carbons (Fsp3) is 0.481. The Morgan fingerprint density at radius 1 is 0.786 bits per heavy atom. The van der Waals surface area contributed by atoms with Gasteiger partial charge in [0.05, 0.1) is 71.2 Å². The van der Waals surface area contributed by atoms with Crippen molar-refractivity contribution < 1.29 is 33.4 Å². The number of hydrogen-bond acceptors (Lipinski definition) is 11. The smallest absolute Gasteiger partial charge is 0.407 e. The van der Waals surface area contributed by atoms with E-state index in [0.29, 0.717) is 24.2 Å². The van der Waals surface area contributed by atoms with Crippen LogP contribution in [0, 0.1) is 24.7 Å². The molecule has 2 saturated carbocycles. The van der Waals surface area contributed by atoms with E-state index in [1.54, 1.807) is 11.3 Å². The van der Waals surface area contributed by atoms with Crippen molar-refractivity contribution in [1.29, 1.82) is 0 Å². The fourth-order valence-electron chi connectivity index (χ4n) is 11.2. The number of likely N-dealkylation sites (tertiary alicyclic amines) is 2. The SMILES string of the molecule is COC(=O)N[C@H](C(=O)N1CCC[C@H]1c1ncc(-c2cc(C)c3c(c2)OC(c2cnc(C4CCC4)s2)n2c-3cc3cc(-c4cnc([C@@H]5C[C@H]6CC6N5C(=O)[C@@H](NC(=O)OC)C(C)C)[nH]4)ccc32)[nH]1)C(C)C. The second-order valence-electron chi connectivity index (χ2n) is 20.4. The normalized spacial score (nSPS) is 22.3. The zero-order valence-corrected chi connectivity index (χ0v) is 41.4. The minimum Gasteiger partial charge on any atom is -0.464 e. The molecule has 6 aromatic rings. The number of fused-ring (bicyclic) bond motifs is 6. The first-order chi connectivity index (χ1) is 33.8. The van der Waals surface area contributed by atoms with E-state index in [0.717, 1.165) is 110 Å². The summed E-state index contributed by atoms with van der Waals surface area (Å²) >= 11 is 1.73. The molecule has 2 unspecified atom stereocenters. The minimum absolute atomic E-state index is 0.111. The summed E-state index contributed by atoms with van der Waals surface area (Å²) in [5.74, 6) is 2.56. The van der Waals surface area contributed by atoms with Crippen LogP contribution in [0.2, 0.25) is 0 Å². The molecule has 0 bridgehead atoms. The Hall–Kier alpha value is -6.69. The van der Waals surface area contributed by atoms with E-state index in [1.165, 1.54) is 20.6 Å². The van der Waals surface area contributed by atoms with Crippen LogP contribution >= 0.6 is 11.3 Å². The molecule has 4 fully saturated rings. The van der Waals surface area contributed by atoms with Crippen molar-refractivity contribution in [3.63, 3.8) is 0 Å². The molecule has 7 atom stereocenters. The van der Waals surface area contributed by atoms with Crippen LogP contribution in [0.3, 0.4) is 0 Å². The second-order valence-corrected chi connectivity index (χ2v) is 21.5. The Morgan fingerprint density at radius 2 is 1.47 bits per heavy atom. The van der Waals surface area contributed by atoms with Gasteiger partial charge in [-0.25, -0.2) is 24.5 Å². The molecule has 4 aromatic heterocycles. The Kier molecular flexibility index (Phi) is 11.7. The number of H-pyrrole nitrogens is 2. The lowest BCUT2D eigenvalue weighted by Gasteiger charge is -2.31. The summed E-state index contributed by atoms with van der Waals surface area (Å²) in [4.78, 5) is 79.0. The molecule has 17 nitrogen and oxygen atoms in total. The zero-order chi connectivity index (χ0) is 48.7. The molecule has 0 spiro atoms. The van der Waals surface area contributed by atoms with Gasteiger partial charge in [-0.15, -0.1) is 11.3 Å². The number of piperidine rings is 1. The summed E-state index contributed by atoms with van der Waals surface area (Å²) in [5, 5.41) is 7.70. The van der Waals surface area contributed by atoms with E-state index in [-0.39, 0.29) is 41.8 Å². The van der Waals surface area contributed by atoms with Gasteiger partial charge in [-0.3, -0.25) is 14.2 Å². The molecule has 7 heterocycles. The summed E-state index contributed by atoms with van der Waals surface area (Å²) in [6, 6.07) is 11.2. The van der Waals surface area contributed by atoms with E-state index in [1.807, 2.05) is 56.1 Å². The summed E-state index contributed by atoms with van der Waals surface area (Å²) in [5.41, 5.74) is 7.64. The van der Waals surface area contributed by atoms with Gasteiger partial charge in [-0.05, 0) is 99.1 Å². The molecule has 366 valence electrons. The lowest BCUT2D eigenvalue weighted by molar-refractivity contribution is -0.137. The van der Waals surface area contributed by atoms with E-state index in [9.17, 15) is 19.2 Å². The second kappa shape index (κ2) is 17.9. The molecule has 2 aromatic carbocycles. The number of alkyl carbamates (subject to hydrolysis) is 2. The summed E-state index contributed by atoms with van der Waals surface area (Å²) in [6.07, 6.45) is 10.8. The first-order valence-electron chi connectivity index (χ1n) is 24.6. The van der Waals surface area contributed by atoms with Gasteiger partial charge in [0.2, 0.25) is 18.0 Å². The lowest BCUT2D eigenvalue weighted by atomic mass is 9.86. The Balaban J connectivity index is 0.912. The summed E-state index contributed by atoms with van der Waals surface area (Å²) < 4.78 is 19.1. The number of benzene rings is 2. The van der Waals surface area contributed by atoms with Gasteiger partial charge < -0.3 is 44.6 Å². The Labute approximate surface area is 410 Å². The van der Waals surface area contributed by atoms with Crippen molar-refractivity contribution in [3.8, 4) is 39.5 Å². The van der Waals surface area contributed by atoms with Crippen LogP contribution in [0.1, 0.15) is 124 Å². The van der Waals surface area contributed by atoms with Crippen LogP contribution in [-0.2, 0) is 19.1 Å². The predicted octanol–water partition coefficient (Wildman–Crippen LogP) is 9.15. The number of carbonyl (C=O) groups excluding carboxylic acids is 4. The van der Waals surface area contributed by atoms with Gasteiger partial charge >= 0.3 is 12.2 Å². The lowest BCUT2D eigenvalue weighted by Crippen LogP contribution is -2.52. The molecular formula is C52H60N10O7S. The van der Waals surface area contributed by atoms with Crippen LogP contribution in [0.4, 0.5) is 9.59 Å². The highest BCUT2D eigenvalue weighted by Gasteiger charge is 2.56. The quantitative estimate of drug-likeness (QED) is 0.0916. The maximum absolute atomic E-state index is 14.1. The number of rotatable bonds is 12. The standard InChI is InChI=1S/C52H60N10O7S/c1-25(2)43(58-51(65)67-6)48(63)60-15-9-12-36(60)45-53-23-34(57-45)30-16-27(5)42-38-19-31-17-29(13-14-35(31)62(38)50(69-40(42)21-30)41-24-55-47(70-41)28-10-8-11-28)33-22-54-46(56-33)39-20-32-18-37(32)61(39)49(64)44(26(3)4)59-52(66)68-7/h13-14,16-17,19,21-26,28,32,36-37,39,43-44,50H,8-12,15,18,20H2,1-7H3,(H,53,57)(H,54,56)(H,58,65)(H,59,66)/t32-,36+,37?,39+,43+,44+,50?/m1/s1. The number of carbonyl (C=O) groups is 4. The molecule has 2 saturated heterocycles. The van der Waals surface area contributed by atoms with Crippen molar-refractivity contribution in [1.82, 2.24) is 49.9 Å². The molecule has 18 heteroatoms. The van der Waals surface area contributed by atoms with Gasteiger partial charge in [0.1, 0.15) is 29.5 Å². The van der Waals surface area contributed by atoms with Gasteiger partial charge in [0.25, 0.3) is 0 Å². The number of amides is 4. The molecular weight excluding hydrogens is 909 g/mol. The Morgan fingerprint density at radius 3 is 2.14 bits per heavy atom. The first kappa shape index (κ1) is 45.7. The molecule has 4 amide bonds. The van der Waals surface area contributed by atoms with E-state index >= 15 is 0 Å². The molecule has 5 aliphatic rings. The zero-order valence-electron chi connectivity index (χ0n) is 40.6. The highest BCUT2D eigenvalue weighted by molar-refractivity contribution is 7.11. The van der Waals surface area contributed by atoms with Crippen LogP contribution < -0.4 is 15.4 Å². The minimum atomic E-state index is -0.723. The van der Waals surface area contributed by atoms with Crippen molar-refractivity contribution in [2.45, 2.75) is 122 Å². The number of hydrogen-bond donors (Lipinski definition) is 4. The average molecular weight is 969 g/mol. The molecule has 3 aliphatic heterocycles. The van der Waals surface area contributed by atoms with Crippen LogP contribution in [0.25, 0.3) is 44.7 Å². The molecule has 4 N–H and O–H groups in total. The number of aryl methyl sites for hydroxylation is 1. The van der Waals surface area contributed by atoms with Crippen LogP contribution in [0.5, 0.6) is 5.75 Å². The van der Waals surface area contributed by atoms with Crippen molar-refractivity contribution in [2.24, 2.45) is 17.8 Å². The Bertz CT molecular complexity index is 3020. The third kappa shape index (κ3) is 7.97. The maximum atomic E-state index is 14.1. The monoisotopic (exact) mass is 968 g/mol. The van der Waals surface area contributed by atoms with Crippen LogP contribution in [0.15, 0.2) is 55.0 Å². The first-order valence-corrected chi connectivity index (χ1v) is 25.5. The van der Waals surface area contributed by atoms with Gasteiger partial charge in [0.15, 0.2) is 0 Å². The molecule has 70 heavy (non-hydrogen) atoms. The topological polar surface area (TPSA) is 202 Å². The fourth-order valence-corrected chi connectivity index (χ4v) is 12.3. The number of aromatic amines is 2. The highest BCUT2D eigenvalue weighted by Crippen LogP contribution is 2.54. The molecule has 0 radical (unpaired) electrons. The van der Waals surface area contributed by atoms with Crippen molar-refractivity contribution >= 4 is 46.2 Å². The highest BCUT2D eigenvalue weighted by atomic mass is 32.1. The molecule has 11 rings (SSSR count). The third-order valence-corrected chi connectivity index (χ3v) is 16.4. The van der Waals surface area contributed by atoms with Crippen molar-refractivity contribution in [3.05, 3.63) is 82.1 Å². The van der Waals surface area contributed by atoms with Crippen molar-refractivity contribution in [2.75, 3.05) is 20.8 Å².